The molecule has 1 N–H and O–H groups in total. The fourth-order valence-corrected chi connectivity index (χ4v) is 1.37. The van der Waals surface area contributed by atoms with Gasteiger partial charge in [-0.25, -0.2) is 4.39 Å². The van der Waals surface area contributed by atoms with Crippen LogP contribution in [-0.4, -0.2) is 6.04 Å². The van der Waals surface area contributed by atoms with Gasteiger partial charge < -0.3 is 5.32 Å². The molecule has 0 aliphatic carbocycles. The van der Waals surface area contributed by atoms with Crippen LogP contribution in [0.1, 0.15) is 25.3 Å². The van der Waals surface area contributed by atoms with E-state index < -0.39 is 5.82 Å². The SMILES string of the molecule is C#CCC(CC)Nc1ccc(C#N)c(F)c1. The lowest BCUT2D eigenvalue weighted by molar-refractivity contribution is 0.623. The zero-order chi connectivity index (χ0) is 12.0. The van der Waals surface area contributed by atoms with E-state index in [0.717, 1.165) is 6.42 Å². The van der Waals surface area contributed by atoms with Crippen molar-refractivity contribution in [3.05, 3.63) is 29.6 Å². The molecule has 1 aromatic carbocycles. The van der Waals surface area contributed by atoms with Crippen molar-refractivity contribution in [3.63, 3.8) is 0 Å². The minimum atomic E-state index is -0.511. The van der Waals surface area contributed by atoms with Gasteiger partial charge in [0.15, 0.2) is 0 Å². The first-order valence-electron chi connectivity index (χ1n) is 5.11. The number of nitriles is 1. The molecule has 1 atom stereocenters. The van der Waals surface area contributed by atoms with Crippen molar-refractivity contribution in [3.8, 4) is 18.4 Å². The first-order chi connectivity index (χ1) is 7.71. The highest BCUT2D eigenvalue weighted by atomic mass is 19.1. The van der Waals surface area contributed by atoms with Gasteiger partial charge in [-0.2, -0.15) is 5.26 Å². The van der Waals surface area contributed by atoms with Crippen molar-refractivity contribution < 1.29 is 4.39 Å². The fraction of sp³-hybridized carbons (Fsp3) is 0.308. The molecule has 0 heterocycles. The van der Waals surface area contributed by atoms with Gasteiger partial charge in [-0.1, -0.05) is 6.92 Å². The molecule has 0 saturated carbocycles. The molecule has 0 amide bonds. The zero-order valence-electron chi connectivity index (χ0n) is 9.13. The maximum atomic E-state index is 13.3. The highest BCUT2D eigenvalue weighted by Gasteiger charge is 2.06. The third-order valence-corrected chi connectivity index (χ3v) is 2.32. The summed E-state index contributed by atoms with van der Waals surface area (Å²) in [7, 11) is 0. The quantitative estimate of drug-likeness (QED) is 0.785. The van der Waals surface area contributed by atoms with Crippen LogP contribution in [0.4, 0.5) is 10.1 Å². The Morgan fingerprint density at radius 1 is 1.56 bits per heavy atom. The van der Waals surface area contributed by atoms with Crippen LogP contribution in [0, 0.1) is 29.5 Å². The van der Waals surface area contributed by atoms with Crippen LogP contribution in [0.15, 0.2) is 18.2 Å². The van der Waals surface area contributed by atoms with E-state index in [-0.39, 0.29) is 11.6 Å². The van der Waals surface area contributed by atoms with E-state index in [1.54, 1.807) is 12.1 Å². The molecule has 82 valence electrons. The molecule has 0 spiro atoms. The third kappa shape index (κ3) is 3.00. The smallest absolute Gasteiger partial charge is 0.143 e. The molecule has 2 nitrogen and oxygen atoms in total. The lowest BCUT2D eigenvalue weighted by Gasteiger charge is -2.15. The highest BCUT2D eigenvalue weighted by molar-refractivity contribution is 5.48. The molecule has 0 radical (unpaired) electrons. The van der Waals surface area contributed by atoms with Crippen molar-refractivity contribution in [2.75, 3.05) is 5.32 Å². The number of rotatable bonds is 4. The minimum absolute atomic E-state index is 0.0514. The molecule has 1 rings (SSSR count). The van der Waals surface area contributed by atoms with Crippen molar-refractivity contribution in [1.82, 2.24) is 0 Å². The number of halogens is 1. The average Bonchev–Trinajstić information content (AvgIpc) is 2.28. The summed E-state index contributed by atoms with van der Waals surface area (Å²) in [6, 6.07) is 6.37. The topological polar surface area (TPSA) is 35.8 Å². The predicted octanol–water partition coefficient (Wildman–Crippen LogP) is 2.91. The Balaban J connectivity index is 2.79. The molecular weight excluding hydrogens is 203 g/mol. The van der Waals surface area contributed by atoms with E-state index in [0.29, 0.717) is 12.1 Å². The number of hydrogen-bond acceptors (Lipinski definition) is 2. The Hall–Kier alpha value is -2.00. The number of anilines is 1. The molecule has 0 aliphatic heterocycles. The normalized spacial score (nSPS) is 11.2. The van der Waals surface area contributed by atoms with Crippen LogP contribution in [-0.2, 0) is 0 Å². The summed E-state index contributed by atoms with van der Waals surface area (Å²) < 4.78 is 13.3. The number of nitrogens with one attached hydrogen (secondary N) is 1. The van der Waals surface area contributed by atoms with Crippen molar-refractivity contribution in [2.45, 2.75) is 25.8 Å². The van der Waals surface area contributed by atoms with Crippen molar-refractivity contribution >= 4 is 5.69 Å². The van der Waals surface area contributed by atoms with Crippen LogP contribution in [0.3, 0.4) is 0 Å². The lowest BCUT2D eigenvalue weighted by atomic mass is 10.1. The summed E-state index contributed by atoms with van der Waals surface area (Å²) in [5.41, 5.74) is 0.703. The molecule has 0 aliphatic rings. The Kier molecular flexibility index (Phi) is 4.36. The minimum Gasteiger partial charge on any atom is -0.381 e. The summed E-state index contributed by atoms with van der Waals surface area (Å²) in [4.78, 5) is 0. The number of hydrogen-bond donors (Lipinski definition) is 1. The molecule has 0 saturated heterocycles. The average molecular weight is 216 g/mol. The summed E-state index contributed by atoms with van der Waals surface area (Å²) in [5.74, 6) is 2.06. The summed E-state index contributed by atoms with van der Waals surface area (Å²) >= 11 is 0. The van der Waals surface area contributed by atoms with Gasteiger partial charge in [0.25, 0.3) is 0 Å². The maximum Gasteiger partial charge on any atom is 0.143 e. The molecule has 3 heteroatoms. The Morgan fingerprint density at radius 2 is 2.31 bits per heavy atom. The first-order valence-corrected chi connectivity index (χ1v) is 5.11. The summed E-state index contributed by atoms with van der Waals surface area (Å²) in [6.07, 6.45) is 6.69. The second-order valence-corrected chi connectivity index (χ2v) is 3.46. The van der Waals surface area contributed by atoms with Crippen molar-refractivity contribution in [2.24, 2.45) is 0 Å². The summed E-state index contributed by atoms with van der Waals surface area (Å²) in [5, 5.41) is 11.7. The number of nitrogens with zero attached hydrogens (tertiary/aromatic N) is 1. The largest absolute Gasteiger partial charge is 0.381 e. The van der Waals surface area contributed by atoms with E-state index in [9.17, 15) is 4.39 Å². The molecule has 1 aromatic rings. The molecular formula is C13H13FN2. The highest BCUT2D eigenvalue weighted by Crippen LogP contribution is 2.16. The first kappa shape index (κ1) is 12.1. The van der Waals surface area contributed by atoms with E-state index >= 15 is 0 Å². The van der Waals surface area contributed by atoms with Crippen molar-refractivity contribution in [1.29, 1.82) is 5.26 Å². The van der Waals surface area contributed by atoms with E-state index in [1.165, 1.54) is 12.1 Å². The number of terminal acetylenes is 1. The van der Waals surface area contributed by atoms with E-state index in [4.69, 9.17) is 11.7 Å². The summed E-state index contributed by atoms with van der Waals surface area (Å²) in [6.45, 7) is 2.01. The van der Waals surface area contributed by atoms with Gasteiger partial charge >= 0.3 is 0 Å². The second-order valence-electron chi connectivity index (χ2n) is 3.46. The third-order valence-electron chi connectivity index (χ3n) is 2.32. The predicted molar refractivity (Wildman–Crippen MR) is 62.3 cm³/mol. The monoisotopic (exact) mass is 216 g/mol. The standard InChI is InChI=1S/C13H13FN2/c1-3-5-11(4-2)16-12-7-6-10(9-15)13(14)8-12/h1,6-8,11,16H,4-5H2,2H3. The molecule has 0 fully saturated rings. The van der Waals surface area contributed by atoms with Gasteiger partial charge in [-0.3, -0.25) is 0 Å². The van der Waals surface area contributed by atoms with Crippen LogP contribution >= 0.6 is 0 Å². The van der Waals surface area contributed by atoms with Crippen LogP contribution in [0.25, 0.3) is 0 Å². The van der Waals surface area contributed by atoms with Crippen LogP contribution in [0.5, 0.6) is 0 Å². The van der Waals surface area contributed by atoms with Gasteiger partial charge in [-0.05, 0) is 24.6 Å². The van der Waals surface area contributed by atoms with E-state index in [1.807, 2.05) is 6.92 Å². The molecule has 0 aromatic heterocycles. The maximum absolute atomic E-state index is 13.3. The fourth-order valence-electron chi connectivity index (χ4n) is 1.37. The van der Waals surface area contributed by atoms with Gasteiger partial charge in [0, 0.05) is 18.2 Å². The zero-order valence-corrected chi connectivity index (χ0v) is 9.13. The Labute approximate surface area is 95.1 Å². The van der Waals surface area contributed by atoms with Gasteiger partial charge in [0.2, 0.25) is 0 Å². The van der Waals surface area contributed by atoms with E-state index in [2.05, 4.69) is 11.2 Å². The molecule has 0 bridgehead atoms. The van der Waals surface area contributed by atoms with Gasteiger partial charge in [0.1, 0.15) is 11.9 Å². The molecule has 1 unspecified atom stereocenters. The Bertz CT molecular complexity index is 440. The van der Waals surface area contributed by atoms with Crippen LogP contribution < -0.4 is 5.32 Å². The lowest BCUT2D eigenvalue weighted by Crippen LogP contribution is -2.17. The number of benzene rings is 1. The Morgan fingerprint density at radius 3 is 2.81 bits per heavy atom. The van der Waals surface area contributed by atoms with Gasteiger partial charge in [0.05, 0.1) is 5.56 Å². The van der Waals surface area contributed by atoms with Gasteiger partial charge in [-0.15, -0.1) is 12.3 Å². The second kappa shape index (κ2) is 5.78. The molecule has 16 heavy (non-hydrogen) atoms. The van der Waals surface area contributed by atoms with Crippen LogP contribution in [0.2, 0.25) is 0 Å².